The fourth-order valence-corrected chi connectivity index (χ4v) is 4.34. The number of benzene rings is 2. The lowest BCUT2D eigenvalue weighted by atomic mass is 9.80. The van der Waals surface area contributed by atoms with Gasteiger partial charge in [0.2, 0.25) is 0 Å². The first-order chi connectivity index (χ1) is 13.0. The molecule has 0 spiro atoms. The molecule has 1 aromatic heterocycles. The molecule has 0 radical (unpaired) electrons. The van der Waals surface area contributed by atoms with E-state index in [4.69, 9.17) is 0 Å². The zero-order valence-electron chi connectivity index (χ0n) is 15.6. The van der Waals surface area contributed by atoms with Crippen LogP contribution >= 0.6 is 0 Å². The molecular formula is C22H23N3O2. The van der Waals surface area contributed by atoms with Crippen molar-refractivity contribution >= 4 is 16.7 Å². The summed E-state index contributed by atoms with van der Waals surface area (Å²) in [6.07, 6.45) is 5.51. The zero-order valence-corrected chi connectivity index (χ0v) is 15.6. The Hall–Kier alpha value is -2.66. The van der Waals surface area contributed by atoms with Crippen molar-refractivity contribution in [3.05, 3.63) is 65.2 Å². The SMILES string of the molecule is CC(C)C(O)(c1ccc2c3c(ccc2c1)C(=O)N(C1CC1)C3)c1cnc[nH]1. The summed E-state index contributed by atoms with van der Waals surface area (Å²) in [6.45, 7) is 4.70. The van der Waals surface area contributed by atoms with Crippen LogP contribution in [-0.4, -0.2) is 31.9 Å². The van der Waals surface area contributed by atoms with E-state index < -0.39 is 5.60 Å². The number of fused-ring (bicyclic) bond motifs is 3. The van der Waals surface area contributed by atoms with Gasteiger partial charge < -0.3 is 15.0 Å². The maximum atomic E-state index is 12.7. The molecule has 27 heavy (non-hydrogen) atoms. The van der Waals surface area contributed by atoms with Gasteiger partial charge in [0.25, 0.3) is 5.91 Å². The number of rotatable bonds is 4. The minimum absolute atomic E-state index is 0.0308. The van der Waals surface area contributed by atoms with Crippen molar-refractivity contribution in [1.29, 1.82) is 0 Å². The zero-order chi connectivity index (χ0) is 18.8. The highest BCUT2D eigenvalue weighted by molar-refractivity contribution is 6.04. The smallest absolute Gasteiger partial charge is 0.254 e. The highest BCUT2D eigenvalue weighted by Crippen LogP contribution is 2.40. The normalized spacial score (nSPS) is 19.0. The molecule has 2 aromatic carbocycles. The van der Waals surface area contributed by atoms with E-state index in [0.29, 0.717) is 18.3 Å². The Kier molecular flexibility index (Phi) is 3.46. The molecule has 0 saturated heterocycles. The largest absolute Gasteiger partial charge is 0.379 e. The van der Waals surface area contributed by atoms with E-state index in [2.05, 4.69) is 16.0 Å². The molecule has 1 unspecified atom stereocenters. The molecule has 2 N–H and O–H groups in total. The van der Waals surface area contributed by atoms with Crippen LogP contribution in [0.2, 0.25) is 0 Å². The van der Waals surface area contributed by atoms with Gasteiger partial charge in [0, 0.05) is 18.2 Å². The molecule has 1 amide bonds. The number of nitrogens with zero attached hydrogens (tertiary/aromatic N) is 2. The number of hydrogen-bond donors (Lipinski definition) is 2. The van der Waals surface area contributed by atoms with Gasteiger partial charge in [0.1, 0.15) is 5.60 Å². The summed E-state index contributed by atoms with van der Waals surface area (Å²) < 4.78 is 0. The topological polar surface area (TPSA) is 69.2 Å². The van der Waals surface area contributed by atoms with Crippen molar-refractivity contribution in [1.82, 2.24) is 14.9 Å². The molecule has 1 saturated carbocycles. The Morgan fingerprint density at radius 3 is 2.74 bits per heavy atom. The summed E-state index contributed by atoms with van der Waals surface area (Å²) in [5, 5.41) is 13.7. The fourth-order valence-electron chi connectivity index (χ4n) is 4.34. The van der Waals surface area contributed by atoms with Crippen molar-refractivity contribution in [3.8, 4) is 0 Å². The van der Waals surface area contributed by atoms with Gasteiger partial charge in [-0.3, -0.25) is 4.79 Å². The highest BCUT2D eigenvalue weighted by Gasteiger charge is 2.40. The first-order valence-corrected chi connectivity index (χ1v) is 9.58. The number of amides is 1. The number of hydrogen-bond acceptors (Lipinski definition) is 3. The summed E-state index contributed by atoms with van der Waals surface area (Å²) in [5.74, 6) is 0.131. The van der Waals surface area contributed by atoms with Gasteiger partial charge >= 0.3 is 0 Å². The second-order valence-corrected chi connectivity index (χ2v) is 8.08. The third kappa shape index (κ3) is 2.34. The third-order valence-electron chi connectivity index (χ3n) is 6.12. The van der Waals surface area contributed by atoms with E-state index in [1.807, 2.05) is 43.0 Å². The van der Waals surface area contributed by atoms with E-state index in [1.54, 1.807) is 12.5 Å². The summed E-state index contributed by atoms with van der Waals surface area (Å²) in [5.41, 5.74) is 2.32. The maximum Gasteiger partial charge on any atom is 0.254 e. The van der Waals surface area contributed by atoms with Gasteiger partial charge in [-0.15, -0.1) is 0 Å². The van der Waals surface area contributed by atoms with Crippen molar-refractivity contribution in [2.45, 2.75) is 44.9 Å². The predicted octanol–water partition coefficient (Wildman–Crippen LogP) is 3.57. The average molecular weight is 361 g/mol. The number of carbonyl (C=O) groups excluding carboxylic acids is 1. The lowest BCUT2D eigenvalue weighted by molar-refractivity contribution is 0.0280. The number of nitrogens with one attached hydrogen (secondary N) is 1. The molecule has 5 heteroatoms. The minimum Gasteiger partial charge on any atom is -0.379 e. The molecule has 1 atom stereocenters. The lowest BCUT2D eigenvalue weighted by Gasteiger charge is -2.32. The number of aromatic amines is 1. The van der Waals surface area contributed by atoms with Crippen molar-refractivity contribution in [3.63, 3.8) is 0 Å². The Morgan fingerprint density at radius 1 is 1.26 bits per heavy atom. The standard InChI is InChI=1S/C22H23N3O2/c1-13(2)22(27,20-10-23-12-24-20)15-4-8-17-14(9-15)3-7-18-19(17)11-25(21(18)26)16-5-6-16/h3-4,7-10,12-13,16,27H,5-6,11H2,1-2H3,(H,23,24). The van der Waals surface area contributed by atoms with Crippen LogP contribution in [-0.2, 0) is 12.1 Å². The molecule has 1 fully saturated rings. The Bertz CT molecular complexity index is 1040. The summed E-state index contributed by atoms with van der Waals surface area (Å²) >= 11 is 0. The van der Waals surface area contributed by atoms with Gasteiger partial charge in [0.15, 0.2) is 0 Å². The van der Waals surface area contributed by atoms with E-state index in [1.165, 1.54) is 0 Å². The Balaban J connectivity index is 1.63. The molecule has 3 aromatic rings. The van der Waals surface area contributed by atoms with Crippen LogP contribution in [0.3, 0.4) is 0 Å². The van der Waals surface area contributed by atoms with Gasteiger partial charge in [-0.2, -0.15) is 0 Å². The van der Waals surface area contributed by atoms with E-state index >= 15 is 0 Å². The number of carbonyl (C=O) groups is 1. The average Bonchev–Trinajstić information content (AvgIpc) is 3.24. The van der Waals surface area contributed by atoms with Crippen LogP contribution < -0.4 is 0 Å². The number of imidazole rings is 1. The van der Waals surface area contributed by atoms with Crippen molar-refractivity contribution in [2.24, 2.45) is 5.92 Å². The van der Waals surface area contributed by atoms with Crippen LogP contribution in [0.1, 0.15) is 53.9 Å². The number of H-pyrrole nitrogens is 1. The van der Waals surface area contributed by atoms with Crippen LogP contribution in [0.25, 0.3) is 10.8 Å². The number of aliphatic hydroxyl groups is 1. The van der Waals surface area contributed by atoms with Gasteiger partial charge in [-0.25, -0.2) is 4.98 Å². The second-order valence-electron chi connectivity index (χ2n) is 8.08. The Morgan fingerprint density at radius 2 is 2.07 bits per heavy atom. The highest BCUT2D eigenvalue weighted by atomic mass is 16.3. The molecule has 0 bridgehead atoms. The maximum absolute atomic E-state index is 12.7. The van der Waals surface area contributed by atoms with E-state index in [0.717, 1.165) is 40.3 Å². The fraction of sp³-hybridized carbons (Fsp3) is 0.364. The van der Waals surface area contributed by atoms with E-state index in [-0.39, 0.29) is 11.8 Å². The number of aromatic nitrogens is 2. The van der Waals surface area contributed by atoms with Crippen LogP contribution in [0.15, 0.2) is 42.9 Å². The lowest BCUT2D eigenvalue weighted by Crippen LogP contribution is -2.33. The van der Waals surface area contributed by atoms with Crippen LogP contribution in [0.4, 0.5) is 0 Å². The molecule has 2 aliphatic rings. The molecule has 5 rings (SSSR count). The van der Waals surface area contributed by atoms with E-state index in [9.17, 15) is 9.90 Å². The predicted molar refractivity (Wildman–Crippen MR) is 103 cm³/mol. The first-order valence-electron chi connectivity index (χ1n) is 9.58. The molecule has 1 aliphatic carbocycles. The van der Waals surface area contributed by atoms with Crippen molar-refractivity contribution < 1.29 is 9.90 Å². The van der Waals surface area contributed by atoms with Crippen molar-refractivity contribution in [2.75, 3.05) is 0 Å². The molecule has 138 valence electrons. The van der Waals surface area contributed by atoms with Crippen LogP contribution in [0.5, 0.6) is 0 Å². The molecule has 1 aliphatic heterocycles. The minimum atomic E-state index is -1.14. The molecule has 5 nitrogen and oxygen atoms in total. The first kappa shape index (κ1) is 16.5. The summed E-state index contributed by atoms with van der Waals surface area (Å²) in [6, 6.07) is 10.4. The third-order valence-corrected chi connectivity index (χ3v) is 6.12. The second kappa shape index (κ2) is 5.67. The Labute approximate surface area is 158 Å². The monoisotopic (exact) mass is 361 g/mol. The van der Waals surface area contributed by atoms with Gasteiger partial charge in [0.05, 0.1) is 18.2 Å². The van der Waals surface area contributed by atoms with Crippen LogP contribution in [0, 0.1) is 5.92 Å². The van der Waals surface area contributed by atoms with Gasteiger partial charge in [-0.1, -0.05) is 32.0 Å². The molecular weight excluding hydrogens is 338 g/mol. The quantitative estimate of drug-likeness (QED) is 0.746. The summed E-state index contributed by atoms with van der Waals surface area (Å²) in [7, 11) is 0. The molecule has 2 heterocycles. The van der Waals surface area contributed by atoms with Gasteiger partial charge in [-0.05, 0) is 52.8 Å². The summed E-state index contributed by atoms with van der Waals surface area (Å²) in [4.78, 5) is 21.8.